The van der Waals surface area contributed by atoms with E-state index in [1.807, 2.05) is 14.1 Å². The molecule has 0 spiro atoms. The molecule has 126 valence electrons. The van der Waals surface area contributed by atoms with Gasteiger partial charge < -0.3 is 15.5 Å². The van der Waals surface area contributed by atoms with Gasteiger partial charge in [0, 0.05) is 38.0 Å². The van der Waals surface area contributed by atoms with Gasteiger partial charge in [0.05, 0.1) is 6.07 Å². The molecule has 23 heavy (non-hydrogen) atoms. The number of hydrogen-bond donors (Lipinski definition) is 2. The van der Waals surface area contributed by atoms with Crippen LogP contribution in [0.3, 0.4) is 0 Å². The zero-order valence-electron chi connectivity index (χ0n) is 14.5. The molecule has 0 aromatic carbocycles. The van der Waals surface area contributed by atoms with Gasteiger partial charge in [0.1, 0.15) is 5.54 Å². The number of anilines is 2. The summed E-state index contributed by atoms with van der Waals surface area (Å²) in [6.45, 7) is 8.36. The number of nitriles is 1. The van der Waals surface area contributed by atoms with Crippen LogP contribution in [0, 0.1) is 11.3 Å². The van der Waals surface area contributed by atoms with Gasteiger partial charge in [-0.25, -0.2) is 0 Å². The van der Waals surface area contributed by atoms with Gasteiger partial charge in [-0.15, -0.1) is 0 Å². The number of nitrogens with one attached hydrogen (secondary N) is 2. The lowest BCUT2D eigenvalue weighted by Crippen LogP contribution is -2.65. The molecule has 1 fully saturated rings. The van der Waals surface area contributed by atoms with E-state index >= 15 is 0 Å². The Morgan fingerprint density at radius 3 is 2.17 bits per heavy atom. The Bertz CT molecular complexity index is 617. The molecule has 1 saturated heterocycles. The van der Waals surface area contributed by atoms with Crippen LogP contribution < -0.4 is 15.5 Å². The molecule has 1 aromatic heterocycles. The average Bonchev–Trinajstić information content (AvgIpc) is 2.33. The number of hydrogen-bond acceptors (Lipinski definition) is 7. The molecule has 1 aliphatic heterocycles. The van der Waals surface area contributed by atoms with Crippen LogP contribution in [0.15, 0.2) is 0 Å². The Labute approximate surface area is 142 Å². The second kappa shape index (κ2) is 5.77. The quantitative estimate of drug-likeness (QED) is 0.873. The first-order valence-electron chi connectivity index (χ1n) is 7.54. The SMILES string of the molecule is CN(C)c1nc(Cl)nc(NC2(C#N)CC(C)(C)NC(C)(C)C2)n1. The molecule has 0 aliphatic carbocycles. The Morgan fingerprint density at radius 1 is 1.13 bits per heavy atom. The van der Waals surface area contributed by atoms with E-state index in [2.05, 4.69) is 59.3 Å². The van der Waals surface area contributed by atoms with Crippen molar-refractivity contribution in [3.05, 3.63) is 5.28 Å². The molecule has 2 N–H and O–H groups in total. The molecule has 2 heterocycles. The highest BCUT2D eigenvalue weighted by molar-refractivity contribution is 6.28. The first-order valence-corrected chi connectivity index (χ1v) is 7.91. The Morgan fingerprint density at radius 2 is 1.70 bits per heavy atom. The zero-order chi connectivity index (χ0) is 17.5. The molecule has 7 nitrogen and oxygen atoms in total. The molecule has 0 radical (unpaired) electrons. The highest BCUT2D eigenvalue weighted by Crippen LogP contribution is 2.37. The van der Waals surface area contributed by atoms with Crippen LogP contribution in [0.4, 0.5) is 11.9 Å². The summed E-state index contributed by atoms with van der Waals surface area (Å²) in [7, 11) is 3.65. The van der Waals surface area contributed by atoms with Crippen molar-refractivity contribution < 1.29 is 0 Å². The summed E-state index contributed by atoms with van der Waals surface area (Å²) in [5.74, 6) is 0.775. The molecule has 0 bridgehead atoms. The predicted octanol–water partition coefficient (Wildman–Crippen LogP) is 2.21. The van der Waals surface area contributed by atoms with Crippen LogP contribution in [0.1, 0.15) is 40.5 Å². The molecule has 0 atom stereocenters. The number of aromatic nitrogens is 3. The van der Waals surface area contributed by atoms with Crippen molar-refractivity contribution in [1.29, 1.82) is 5.26 Å². The molecule has 8 heteroatoms. The first kappa shape index (κ1) is 17.7. The Hall–Kier alpha value is -1.65. The molecule has 0 saturated carbocycles. The molecule has 2 rings (SSSR count). The van der Waals surface area contributed by atoms with Crippen molar-refractivity contribution in [2.24, 2.45) is 0 Å². The minimum atomic E-state index is -0.771. The highest BCUT2D eigenvalue weighted by Gasteiger charge is 2.48. The van der Waals surface area contributed by atoms with E-state index in [9.17, 15) is 5.26 Å². The lowest BCUT2D eigenvalue weighted by molar-refractivity contribution is 0.143. The number of halogens is 1. The minimum Gasteiger partial charge on any atom is -0.347 e. The summed E-state index contributed by atoms with van der Waals surface area (Å²) >= 11 is 5.99. The largest absolute Gasteiger partial charge is 0.347 e. The fraction of sp³-hybridized carbons (Fsp3) is 0.733. The fourth-order valence-electron chi connectivity index (χ4n) is 3.58. The van der Waals surface area contributed by atoms with E-state index in [0.717, 1.165) is 0 Å². The maximum Gasteiger partial charge on any atom is 0.230 e. The van der Waals surface area contributed by atoms with Crippen LogP contribution in [0.25, 0.3) is 0 Å². The third-order valence-corrected chi connectivity index (χ3v) is 3.89. The lowest BCUT2D eigenvalue weighted by Gasteiger charge is -2.50. The van der Waals surface area contributed by atoms with Gasteiger partial charge in [-0.05, 0) is 39.3 Å². The smallest absolute Gasteiger partial charge is 0.230 e. The lowest BCUT2D eigenvalue weighted by atomic mass is 9.71. The van der Waals surface area contributed by atoms with Gasteiger partial charge in [0.15, 0.2) is 0 Å². The fourth-order valence-corrected chi connectivity index (χ4v) is 3.74. The first-order chi connectivity index (χ1) is 10.5. The van der Waals surface area contributed by atoms with E-state index in [-0.39, 0.29) is 16.4 Å². The Balaban J connectivity index is 2.38. The number of piperidine rings is 1. The van der Waals surface area contributed by atoms with E-state index < -0.39 is 5.54 Å². The summed E-state index contributed by atoms with van der Waals surface area (Å²) in [6, 6.07) is 2.44. The van der Waals surface area contributed by atoms with Gasteiger partial charge in [-0.2, -0.15) is 20.2 Å². The van der Waals surface area contributed by atoms with Gasteiger partial charge >= 0.3 is 0 Å². The second-order valence-electron chi connectivity index (χ2n) is 7.69. The number of nitrogens with zero attached hydrogens (tertiary/aromatic N) is 5. The van der Waals surface area contributed by atoms with Crippen LogP contribution in [0.5, 0.6) is 0 Å². The van der Waals surface area contributed by atoms with Gasteiger partial charge in [-0.3, -0.25) is 0 Å². The third-order valence-electron chi connectivity index (χ3n) is 3.73. The van der Waals surface area contributed by atoms with Gasteiger partial charge in [0.25, 0.3) is 0 Å². The molecular formula is C15H24ClN7. The second-order valence-corrected chi connectivity index (χ2v) is 8.03. The van der Waals surface area contributed by atoms with E-state index in [1.54, 1.807) is 4.90 Å². The van der Waals surface area contributed by atoms with E-state index in [0.29, 0.717) is 24.7 Å². The van der Waals surface area contributed by atoms with Crippen molar-refractivity contribution in [1.82, 2.24) is 20.3 Å². The summed E-state index contributed by atoms with van der Waals surface area (Å²) in [6.07, 6.45) is 1.25. The Kier molecular flexibility index (Phi) is 4.44. The summed E-state index contributed by atoms with van der Waals surface area (Å²) in [4.78, 5) is 14.3. The van der Waals surface area contributed by atoms with E-state index in [4.69, 9.17) is 11.6 Å². The minimum absolute atomic E-state index is 0.103. The predicted molar refractivity (Wildman–Crippen MR) is 91.7 cm³/mol. The van der Waals surface area contributed by atoms with Gasteiger partial charge in [-0.1, -0.05) is 0 Å². The monoisotopic (exact) mass is 337 g/mol. The summed E-state index contributed by atoms with van der Waals surface area (Å²) in [5.41, 5.74) is -1.15. The molecular weight excluding hydrogens is 314 g/mol. The third kappa shape index (κ3) is 4.21. The van der Waals surface area contributed by atoms with Crippen LogP contribution >= 0.6 is 11.6 Å². The molecule has 0 amide bonds. The number of rotatable bonds is 3. The normalized spacial score (nSPS) is 21.3. The van der Waals surface area contributed by atoms with Crippen molar-refractivity contribution >= 4 is 23.5 Å². The maximum atomic E-state index is 9.86. The molecule has 0 unspecified atom stereocenters. The van der Waals surface area contributed by atoms with Crippen molar-refractivity contribution in [2.45, 2.75) is 57.2 Å². The van der Waals surface area contributed by atoms with E-state index in [1.165, 1.54) is 0 Å². The summed E-state index contributed by atoms with van der Waals surface area (Å²) < 4.78 is 0. The van der Waals surface area contributed by atoms with Crippen molar-refractivity contribution in [3.63, 3.8) is 0 Å². The summed E-state index contributed by atoms with van der Waals surface area (Å²) in [5, 5.41) is 16.7. The zero-order valence-corrected chi connectivity index (χ0v) is 15.3. The topological polar surface area (TPSA) is 89.8 Å². The van der Waals surface area contributed by atoms with Crippen LogP contribution in [0.2, 0.25) is 5.28 Å². The van der Waals surface area contributed by atoms with Gasteiger partial charge in [0.2, 0.25) is 17.2 Å². The highest BCUT2D eigenvalue weighted by atomic mass is 35.5. The van der Waals surface area contributed by atoms with Crippen LogP contribution in [-0.2, 0) is 0 Å². The molecule has 1 aliphatic rings. The molecule has 1 aromatic rings. The maximum absolute atomic E-state index is 9.86. The van der Waals surface area contributed by atoms with Crippen molar-refractivity contribution in [2.75, 3.05) is 24.3 Å². The average molecular weight is 338 g/mol. The van der Waals surface area contributed by atoms with Crippen molar-refractivity contribution in [3.8, 4) is 6.07 Å². The van der Waals surface area contributed by atoms with Crippen LogP contribution in [-0.4, -0.2) is 45.7 Å². The standard InChI is InChI=1S/C15H24ClN7/c1-13(2)7-15(9-17,8-14(3,4)22-13)21-11-18-10(16)19-12(20-11)23(5)6/h22H,7-8H2,1-6H3,(H,18,19,20,21).